The van der Waals surface area contributed by atoms with Crippen molar-refractivity contribution < 1.29 is 19.4 Å². The average Bonchev–Trinajstić information content (AvgIpc) is 2.16. The van der Waals surface area contributed by atoms with Crippen LogP contribution >= 0.6 is 0 Å². The number of carboxylic acids is 1. The Kier molecular flexibility index (Phi) is 2.91. The van der Waals surface area contributed by atoms with Gasteiger partial charge in [0.15, 0.2) is 17.2 Å². The number of rotatable bonds is 3. The van der Waals surface area contributed by atoms with Gasteiger partial charge in [0.25, 0.3) is 0 Å². The normalized spacial score (nSPS) is 9.64. The summed E-state index contributed by atoms with van der Waals surface area (Å²) in [6.07, 6.45) is 0. The van der Waals surface area contributed by atoms with Crippen LogP contribution in [0.15, 0.2) is 6.07 Å². The van der Waals surface area contributed by atoms with Crippen molar-refractivity contribution in [2.45, 2.75) is 6.92 Å². The van der Waals surface area contributed by atoms with Crippen LogP contribution in [0.4, 0.5) is 0 Å². The van der Waals surface area contributed by atoms with Crippen molar-refractivity contribution in [3.63, 3.8) is 0 Å². The Morgan fingerprint density at radius 1 is 1.43 bits per heavy atom. The fraction of sp³-hybridized carbons (Fsp3) is 0.333. The first-order valence-corrected chi connectivity index (χ1v) is 3.93. The molecule has 0 aromatic carbocycles. The molecule has 0 fully saturated rings. The van der Waals surface area contributed by atoms with Crippen LogP contribution in [-0.2, 0) is 0 Å². The van der Waals surface area contributed by atoms with Crippen molar-refractivity contribution in [3.05, 3.63) is 17.5 Å². The van der Waals surface area contributed by atoms with Gasteiger partial charge in [-0.25, -0.2) is 9.78 Å². The number of ether oxygens (including phenoxy) is 2. The fourth-order valence-electron chi connectivity index (χ4n) is 1.13. The fourth-order valence-corrected chi connectivity index (χ4v) is 1.13. The molecule has 1 rings (SSSR count). The molecule has 0 unspecified atom stereocenters. The molecule has 0 spiro atoms. The maximum atomic E-state index is 10.8. The van der Waals surface area contributed by atoms with E-state index in [1.54, 1.807) is 13.0 Å². The molecule has 0 radical (unpaired) electrons. The predicted octanol–water partition coefficient (Wildman–Crippen LogP) is 1.11. The molecular formula is C9H11NO4. The molecule has 0 aliphatic heterocycles. The van der Waals surface area contributed by atoms with Gasteiger partial charge in [0.05, 0.1) is 14.2 Å². The van der Waals surface area contributed by atoms with E-state index < -0.39 is 5.97 Å². The van der Waals surface area contributed by atoms with E-state index in [2.05, 4.69) is 4.98 Å². The molecule has 5 nitrogen and oxygen atoms in total. The number of methoxy groups -OCH3 is 2. The molecule has 1 aromatic rings. The van der Waals surface area contributed by atoms with Crippen LogP contribution < -0.4 is 9.47 Å². The summed E-state index contributed by atoms with van der Waals surface area (Å²) in [6, 6.07) is 1.62. The van der Waals surface area contributed by atoms with E-state index in [0.29, 0.717) is 11.4 Å². The van der Waals surface area contributed by atoms with Gasteiger partial charge in [-0.2, -0.15) is 0 Å². The molecular weight excluding hydrogens is 186 g/mol. The zero-order chi connectivity index (χ0) is 10.7. The predicted molar refractivity (Wildman–Crippen MR) is 49.0 cm³/mol. The summed E-state index contributed by atoms with van der Waals surface area (Å²) in [6.45, 7) is 1.69. The Hall–Kier alpha value is -1.78. The highest BCUT2D eigenvalue weighted by atomic mass is 16.5. The van der Waals surface area contributed by atoms with Crippen LogP contribution in [0.2, 0.25) is 0 Å². The molecule has 5 heteroatoms. The number of aryl methyl sites for hydroxylation is 1. The molecule has 0 bridgehead atoms. The van der Waals surface area contributed by atoms with Crippen molar-refractivity contribution in [2.24, 2.45) is 0 Å². The minimum absolute atomic E-state index is 0.135. The Balaban J connectivity index is 3.39. The van der Waals surface area contributed by atoms with Gasteiger partial charge in [-0.1, -0.05) is 0 Å². The average molecular weight is 197 g/mol. The molecule has 0 amide bonds. The van der Waals surface area contributed by atoms with Crippen molar-refractivity contribution >= 4 is 5.97 Å². The maximum absolute atomic E-state index is 10.8. The number of hydrogen-bond acceptors (Lipinski definition) is 4. The Bertz CT molecular complexity index is 362. The van der Waals surface area contributed by atoms with Crippen LogP contribution in [0.5, 0.6) is 11.5 Å². The second-order valence-electron chi connectivity index (χ2n) is 2.65. The van der Waals surface area contributed by atoms with Gasteiger partial charge >= 0.3 is 5.97 Å². The monoisotopic (exact) mass is 197 g/mol. The lowest BCUT2D eigenvalue weighted by Gasteiger charge is -2.10. The Morgan fingerprint density at radius 2 is 2.07 bits per heavy atom. The minimum atomic E-state index is -1.14. The van der Waals surface area contributed by atoms with Gasteiger partial charge < -0.3 is 14.6 Å². The topological polar surface area (TPSA) is 68.7 Å². The highest BCUT2D eigenvalue weighted by Crippen LogP contribution is 2.30. The minimum Gasteiger partial charge on any atom is -0.493 e. The second kappa shape index (κ2) is 3.95. The first-order valence-electron chi connectivity index (χ1n) is 3.93. The first kappa shape index (κ1) is 10.3. The van der Waals surface area contributed by atoms with E-state index in [9.17, 15) is 4.79 Å². The van der Waals surface area contributed by atoms with Gasteiger partial charge in [-0.3, -0.25) is 0 Å². The summed E-state index contributed by atoms with van der Waals surface area (Å²) in [5.41, 5.74) is 0.435. The number of pyridine rings is 1. The van der Waals surface area contributed by atoms with Crippen LogP contribution in [-0.4, -0.2) is 30.3 Å². The summed E-state index contributed by atoms with van der Waals surface area (Å²) < 4.78 is 9.89. The zero-order valence-electron chi connectivity index (χ0n) is 8.20. The van der Waals surface area contributed by atoms with E-state index >= 15 is 0 Å². The maximum Gasteiger partial charge on any atom is 0.358 e. The molecule has 1 heterocycles. The molecule has 0 saturated carbocycles. The molecule has 1 N–H and O–H groups in total. The summed E-state index contributed by atoms with van der Waals surface area (Å²) in [5, 5.41) is 8.84. The van der Waals surface area contributed by atoms with Crippen LogP contribution in [0.3, 0.4) is 0 Å². The van der Waals surface area contributed by atoms with Crippen LogP contribution in [0, 0.1) is 6.92 Å². The number of carbonyl (C=O) groups is 1. The molecule has 0 aliphatic rings. The van der Waals surface area contributed by atoms with E-state index in [-0.39, 0.29) is 11.4 Å². The smallest absolute Gasteiger partial charge is 0.358 e. The third-order valence-corrected chi connectivity index (χ3v) is 1.69. The SMILES string of the molecule is COc1cc(C)nc(C(=O)O)c1OC. The summed E-state index contributed by atoms with van der Waals surface area (Å²) >= 11 is 0. The van der Waals surface area contributed by atoms with E-state index in [1.165, 1.54) is 14.2 Å². The summed E-state index contributed by atoms with van der Waals surface area (Å²) in [5.74, 6) is -0.619. The van der Waals surface area contributed by atoms with Gasteiger partial charge in [0, 0.05) is 11.8 Å². The van der Waals surface area contributed by atoms with Gasteiger partial charge in [0.1, 0.15) is 0 Å². The number of aromatic nitrogens is 1. The van der Waals surface area contributed by atoms with Crippen LogP contribution in [0.1, 0.15) is 16.2 Å². The molecule has 1 aromatic heterocycles. The van der Waals surface area contributed by atoms with Crippen molar-refractivity contribution in [3.8, 4) is 11.5 Å². The molecule has 14 heavy (non-hydrogen) atoms. The summed E-state index contributed by atoms with van der Waals surface area (Å²) in [7, 11) is 2.82. The quantitative estimate of drug-likeness (QED) is 0.785. The van der Waals surface area contributed by atoms with Gasteiger partial charge in [-0.15, -0.1) is 0 Å². The number of aromatic carboxylic acids is 1. The lowest BCUT2D eigenvalue weighted by molar-refractivity contribution is 0.0685. The molecule has 0 atom stereocenters. The molecule has 76 valence electrons. The zero-order valence-corrected chi connectivity index (χ0v) is 8.20. The van der Waals surface area contributed by atoms with E-state index in [1.807, 2.05) is 0 Å². The molecule has 0 saturated heterocycles. The lowest BCUT2D eigenvalue weighted by atomic mass is 10.2. The number of nitrogens with zero attached hydrogens (tertiary/aromatic N) is 1. The highest BCUT2D eigenvalue weighted by molar-refractivity contribution is 5.89. The largest absolute Gasteiger partial charge is 0.493 e. The third kappa shape index (κ3) is 1.76. The van der Waals surface area contributed by atoms with E-state index in [4.69, 9.17) is 14.6 Å². The van der Waals surface area contributed by atoms with Crippen LogP contribution in [0.25, 0.3) is 0 Å². The number of carboxylic acid groups (broad SMARTS) is 1. The Morgan fingerprint density at radius 3 is 2.50 bits per heavy atom. The molecule has 0 aliphatic carbocycles. The first-order chi connectivity index (χ1) is 6.60. The third-order valence-electron chi connectivity index (χ3n) is 1.69. The van der Waals surface area contributed by atoms with Gasteiger partial charge in [0.2, 0.25) is 0 Å². The summed E-state index contributed by atoms with van der Waals surface area (Å²) in [4.78, 5) is 14.7. The lowest BCUT2D eigenvalue weighted by Crippen LogP contribution is -2.06. The highest BCUT2D eigenvalue weighted by Gasteiger charge is 2.18. The van der Waals surface area contributed by atoms with Gasteiger partial charge in [-0.05, 0) is 6.92 Å². The van der Waals surface area contributed by atoms with Crippen molar-refractivity contribution in [1.29, 1.82) is 0 Å². The Labute approximate surface area is 81.3 Å². The van der Waals surface area contributed by atoms with Crippen molar-refractivity contribution in [1.82, 2.24) is 4.98 Å². The number of hydrogen-bond donors (Lipinski definition) is 1. The van der Waals surface area contributed by atoms with Crippen molar-refractivity contribution in [2.75, 3.05) is 14.2 Å². The standard InChI is InChI=1S/C9H11NO4/c1-5-4-6(13-2)8(14-3)7(10-5)9(11)12/h4H,1-3H3,(H,11,12). The second-order valence-corrected chi connectivity index (χ2v) is 2.65. The van der Waals surface area contributed by atoms with E-state index in [0.717, 1.165) is 0 Å².